The number of Topliss-reactive ketones (excluding diaryl/α,β-unsaturated/α-hetero) is 1. The molecule has 2 aliphatic heterocycles. The molecule has 3 rings (SSSR count). The summed E-state index contributed by atoms with van der Waals surface area (Å²) in [6.07, 6.45) is 3.29. The van der Waals surface area contributed by atoms with Crippen LogP contribution in [-0.2, 0) is 16.0 Å². The third-order valence-electron chi connectivity index (χ3n) is 3.95. The van der Waals surface area contributed by atoms with Gasteiger partial charge in [-0.3, -0.25) is 19.3 Å². The number of carbonyl (C=O) groups excluding carboxylic acids is 3. The van der Waals surface area contributed by atoms with E-state index in [2.05, 4.69) is 15.1 Å². The molecule has 0 saturated heterocycles. The first-order valence-corrected chi connectivity index (χ1v) is 7.22. The van der Waals surface area contributed by atoms with E-state index in [1.54, 1.807) is 20.2 Å². The zero-order valence-corrected chi connectivity index (χ0v) is 12.5. The molecule has 8 nitrogen and oxygen atoms in total. The van der Waals surface area contributed by atoms with Gasteiger partial charge in [-0.1, -0.05) is 0 Å². The number of nitrogens with zero attached hydrogens (tertiary/aromatic N) is 4. The monoisotopic (exact) mass is 303 g/mol. The third-order valence-corrected chi connectivity index (χ3v) is 3.95. The maximum Gasteiger partial charge on any atom is 0.243 e. The molecular weight excluding hydrogens is 286 g/mol. The number of rotatable bonds is 3. The number of imidazole rings is 1. The van der Waals surface area contributed by atoms with Gasteiger partial charge in [-0.2, -0.15) is 5.10 Å². The van der Waals surface area contributed by atoms with Crippen LogP contribution in [0.3, 0.4) is 0 Å². The number of carbonyl (C=O) groups is 3. The molecule has 0 radical (unpaired) electrons. The second kappa shape index (κ2) is 5.36. The highest BCUT2D eigenvalue weighted by molar-refractivity contribution is 6.19. The Morgan fingerprint density at radius 3 is 2.86 bits per heavy atom. The summed E-state index contributed by atoms with van der Waals surface area (Å²) in [5.74, 6) is -0.289. The van der Waals surface area contributed by atoms with E-state index >= 15 is 0 Å². The van der Waals surface area contributed by atoms with E-state index in [0.717, 1.165) is 0 Å². The third kappa shape index (κ3) is 2.30. The molecule has 1 aromatic heterocycles. The SMILES string of the molecule is CC1C(=O)c2[nH]c(CCN3N=CCCC3=O)nc2N(C)C1=O. The minimum Gasteiger partial charge on any atom is -0.338 e. The number of hydrogen-bond acceptors (Lipinski definition) is 5. The first kappa shape index (κ1) is 14.4. The Morgan fingerprint density at radius 2 is 2.14 bits per heavy atom. The molecular formula is C14H17N5O3. The van der Waals surface area contributed by atoms with Gasteiger partial charge in [-0.05, 0) is 13.3 Å². The summed E-state index contributed by atoms with van der Waals surface area (Å²) >= 11 is 0. The smallest absolute Gasteiger partial charge is 0.243 e. The van der Waals surface area contributed by atoms with Crippen molar-refractivity contribution in [2.24, 2.45) is 11.0 Å². The number of hydrazone groups is 1. The summed E-state index contributed by atoms with van der Waals surface area (Å²) in [4.78, 5) is 44.4. The predicted octanol–water partition coefficient (Wildman–Crippen LogP) is 0.356. The largest absolute Gasteiger partial charge is 0.338 e. The lowest BCUT2D eigenvalue weighted by Gasteiger charge is -2.24. The average molecular weight is 303 g/mol. The van der Waals surface area contributed by atoms with Gasteiger partial charge in [0.2, 0.25) is 11.8 Å². The van der Waals surface area contributed by atoms with E-state index in [1.807, 2.05) is 0 Å². The molecule has 1 unspecified atom stereocenters. The Labute approximate surface area is 127 Å². The number of aromatic amines is 1. The average Bonchev–Trinajstić information content (AvgIpc) is 2.94. The van der Waals surface area contributed by atoms with E-state index in [0.29, 0.717) is 43.1 Å². The maximum absolute atomic E-state index is 12.1. The lowest BCUT2D eigenvalue weighted by Crippen LogP contribution is -2.41. The van der Waals surface area contributed by atoms with E-state index in [1.165, 1.54) is 9.91 Å². The standard InChI is InChI=1S/C14H17N5O3/c1-8-12(21)11-13(18(2)14(8)22)17-9(16-11)5-7-19-10(20)4-3-6-15-19/h6,8H,3-5,7H2,1-2H3,(H,16,17). The van der Waals surface area contributed by atoms with Gasteiger partial charge in [-0.25, -0.2) is 9.99 Å². The zero-order valence-electron chi connectivity index (χ0n) is 12.5. The number of fused-ring (bicyclic) bond motifs is 1. The van der Waals surface area contributed by atoms with Crippen LogP contribution < -0.4 is 4.90 Å². The van der Waals surface area contributed by atoms with Crippen LogP contribution >= 0.6 is 0 Å². The molecule has 1 aromatic rings. The number of ketones is 1. The Kier molecular flexibility index (Phi) is 3.51. The summed E-state index contributed by atoms with van der Waals surface area (Å²) < 4.78 is 0. The van der Waals surface area contributed by atoms with Gasteiger partial charge >= 0.3 is 0 Å². The topological polar surface area (TPSA) is 98.7 Å². The lowest BCUT2D eigenvalue weighted by molar-refractivity contribution is -0.131. The van der Waals surface area contributed by atoms with Crippen LogP contribution in [-0.4, -0.2) is 52.4 Å². The molecule has 116 valence electrons. The maximum atomic E-state index is 12.1. The van der Waals surface area contributed by atoms with E-state index in [9.17, 15) is 14.4 Å². The number of aromatic nitrogens is 2. The summed E-state index contributed by atoms with van der Waals surface area (Å²) in [6.45, 7) is 1.98. The van der Waals surface area contributed by atoms with Crippen molar-refractivity contribution in [2.75, 3.05) is 18.5 Å². The molecule has 0 spiro atoms. The molecule has 0 saturated carbocycles. The molecule has 0 aromatic carbocycles. The molecule has 1 N–H and O–H groups in total. The molecule has 1 atom stereocenters. The summed E-state index contributed by atoms with van der Waals surface area (Å²) in [7, 11) is 1.60. The first-order valence-electron chi connectivity index (χ1n) is 7.22. The minimum atomic E-state index is -0.695. The number of anilines is 1. The number of nitrogens with one attached hydrogen (secondary N) is 1. The fourth-order valence-corrected chi connectivity index (χ4v) is 2.60. The van der Waals surface area contributed by atoms with Crippen molar-refractivity contribution in [1.29, 1.82) is 0 Å². The first-order chi connectivity index (χ1) is 10.5. The van der Waals surface area contributed by atoms with Crippen LogP contribution in [0.4, 0.5) is 5.82 Å². The van der Waals surface area contributed by atoms with Gasteiger partial charge in [-0.15, -0.1) is 0 Å². The van der Waals surface area contributed by atoms with Crippen molar-refractivity contribution in [3.05, 3.63) is 11.5 Å². The highest BCUT2D eigenvalue weighted by Gasteiger charge is 2.37. The summed E-state index contributed by atoms with van der Waals surface area (Å²) in [5.41, 5.74) is 0.359. The summed E-state index contributed by atoms with van der Waals surface area (Å²) in [5, 5.41) is 5.45. The molecule has 22 heavy (non-hydrogen) atoms. The Morgan fingerprint density at radius 1 is 1.36 bits per heavy atom. The normalized spacial score (nSPS) is 21.5. The van der Waals surface area contributed by atoms with Crippen molar-refractivity contribution in [2.45, 2.75) is 26.2 Å². The van der Waals surface area contributed by atoms with E-state index < -0.39 is 5.92 Å². The van der Waals surface area contributed by atoms with Crippen molar-refractivity contribution >= 4 is 29.6 Å². The van der Waals surface area contributed by atoms with Gasteiger partial charge in [0.25, 0.3) is 0 Å². The molecule has 0 aliphatic carbocycles. The Hall–Kier alpha value is -2.51. The Bertz CT molecular complexity index is 678. The van der Waals surface area contributed by atoms with Crippen LogP contribution in [0.15, 0.2) is 5.10 Å². The van der Waals surface area contributed by atoms with Crippen LogP contribution in [0.5, 0.6) is 0 Å². The highest BCUT2D eigenvalue weighted by Crippen LogP contribution is 2.27. The molecule has 3 heterocycles. The fourth-order valence-electron chi connectivity index (χ4n) is 2.60. The lowest BCUT2D eigenvalue weighted by atomic mass is 9.98. The van der Waals surface area contributed by atoms with Crippen LogP contribution in [0, 0.1) is 5.92 Å². The second-order valence-electron chi connectivity index (χ2n) is 5.47. The zero-order chi connectivity index (χ0) is 15.9. The number of H-pyrrole nitrogens is 1. The summed E-state index contributed by atoms with van der Waals surface area (Å²) in [6, 6.07) is 0. The predicted molar refractivity (Wildman–Crippen MR) is 78.6 cm³/mol. The number of amides is 2. The molecule has 0 fully saturated rings. The highest BCUT2D eigenvalue weighted by atomic mass is 16.2. The Balaban J connectivity index is 1.77. The van der Waals surface area contributed by atoms with Gasteiger partial charge in [0.15, 0.2) is 11.6 Å². The van der Waals surface area contributed by atoms with E-state index in [-0.39, 0.29) is 17.6 Å². The van der Waals surface area contributed by atoms with Crippen molar-refractivity contribution < 1.29 is 14.4 Å². The van der Waals surface area contributed by atoms with Crippen LogP contribution in [0.1, 0.15) is 36.1 Å². The number of hydrogen-bond donors (Lipinski definition) is 1. The molecule has 0 bridgehead atoms. The van der Waals surface area contributed by atoms with Crippen molar-refractivity contribution in [1.82, 2.24) is 15.0 Å². The second-order valence-corrected chi connectivity index (χ2v) is 5.47. The fraction of sp³-hybridized carbons (Fsp3) is 0.500. The van der Waals surface area contributed by atoms with Gasteiger partial charge < -0.3 is 4.98 Å². The van der Waals surface area contributed by atoms with Gasteiger partial charge in [0.05, 0.1) is 6.54 Å². The van der Waals surface area contributed by atoms with Crippen molar-refractivity contribution in [3.8, 4) is 0 Å². The van der Waals surface area contributed by atoms with Crippen molar-refractivity contribution in [3.63, 3.8) is 0 Å². The van der Waals surface area contributed by atoms with Gasteiger partial charge in [0, 0.05) is 26.1 Å². The van der Waals surface area contributed by atoms with Crippen LogP contribution in [0.2, 0.25) is 0 Å². The molecule has 2 amide bonds. The van der Waals surface area contributed by atoms with E-state index in [4.69, 9.17) is 0 Å². The molecule has 2 aliphatic rings. The quantitative estimate of drug-likeness (QED) is 0.815. The van der Waals surface area contributed by atoms with Gasteiger partial charge in [0.1, 0.15) is 17.4 Å². The van der Waals surface area contributed by atoms with Crippen LogP contribution in [0.25, 0.3) is 0 Å². The minimum absolute atomic E-state index is 0.0178. The molecule has 8 heteroatoms.